The molecular weight excluding hydrogens is 222 g/mol. The summed E-state index contributed by atoms with van der Waals surface area (Å²) in [5.74, 6) is 3.10. The van der Waals surface area contributed by atoms with Crippen molar-refractivity contribution in [2.75, 3.05) is 5.73 Å². The molecule has 2 aromatic heterocycles. The molecule has 0 fully saturated rings. The number of rotatable bonds is 0. The van der Waals surface area contributed by atoms with Gasteiger partial charge in [-0.1, -0.05) is 18.1 Å². The van der Waals surface area contributed by atoms with Gasteiger partial charge in [0, 0.05) is 22.5 Å². The van der Waals surface area contributed by atoms with Crippen molar-refractivity contribution in [3.05, 3.63) is 41.6 Å². The van der Waals surface area contributed by atoms with Crippen LogP contribution < -0.4 is 5.73 Å². The van der Waals surface area contributed by atoms with Crippen LogP contribution in [0.15, 0.2) is 30.5 Å². The Morgan fingerprint density at radius 3 is 2.89 bits per heavy atom. The SMILES string of the molecule is C#Cc1ccnc2c(N)nc3cc(C)ccc3c12. The second-order valence-corrected chi connectivity index (χ2v) is 4.24. The van der Waals surface area contributed by atoms with Crippen LogP contribution in [0.4, 0.5) is 5.82 Å². The minimum atomic E-state index is 0.417. The predicted molar refractivity (Wildman–Crippen MR) is 74.1 cm³/mol. The molecule has 0 aliphatic carbocycles. The van der Waals surface area contributed by atoms with Crippen molar-refractivity contribution in [1.82, 2.24) is 9.97 Å². The van der Waals surface area contributed by atoms with Crippen LogP contribution in [0, 0.1) is 19.3 Å². The number of hydrogen-bond acceptors (Lipinski definition) is 3. The average Bonchev–Trinajstić information content (AvgIpc) is 2.38. The van der Waals surface area contributed by atoms with E-state index in [4.69, 9.17) is 12.2 Å². The van der Waals surface area contributed by atoms with Gasteiger partial charge in [0.15, 0.2) is 5.82 Å². The quantitative estimate of drug-likeness (QED) is 0.479. The summed E-state index contributed by atoms with van der Waals surface area (Å²) < 4.78 is 0. The van der Waals surface area contributed by atoms with E-state index in [0.717, 1.165) is 27.4 Å². The first-order valence-corrected chi connectivity index (χ1v) is 5.62. The first kappa shape index (κ1) is 10.5. The van der Waals surface area contributed by atoms with Crippen LogP contribution >= 0.6 is 0 Å². The lowest BCUT2D eigenvalue weighted by Gasteiger charge is -2.08. The van der Waals surface area contributed by atoms with Crippen molar-refractivity contribution >= 4 is 27.6 Å². The molecule has 2 N–H and O–H groups in total. The number of hydrogen-bond donors (Lipinski definition) is 1. The van der Waals surface area contributed by atoms with E-state index in [2.05, 4.69) is 15.9 Å². The molecule has 0 unspecified atom stereocenters. The molecule has 0 amide bonds. The van der Waals surface area contributed by atoms with Crippen LogP contribution in [0.5, 0.6) is 0 Å². The van der Waals surface area contributed by atoms with Crippen molar-refractivity contribution in [3.63, 3.8) is 0 Å². The molecule has 18 heavy (non-hydrogen) atoms. The van der Waals surface area contributed by atoms with E-state index in [1.54, 1.807) is 6.20 Å². The van der Waals surface area contributed by atoms with Gasteiger partial charge in [-0.2, -0.15) is 0 Å². The maximum absolute atomic E-state index is 5.95. The Morgan fingerprint density at radius 2 is 2.11 bits per heavy atom. The largest absolute Gasteiger partial charge is 0.382 e. The van der Waals surface area contributed by atoms with Gasteiger partial charge >= 0.3 is 0 Å². The van der Waals surface area contributed by atoms with E-state index in [1.807, 2.05) is 31.2 Å². The number of nitrogens with zero attached hydrogens (tertiary/aromatic N) is 2. The average molecular weight is 233 g/mol. The van der Waals surface area contributed by atoms with Crippen molar-refractivity contribution in [1.29, 1.82) is 0 Å². The van der Waals surface area contributed by atoms with Crippen molar-refractivity contribution in [2.24, 2.45) is 0 Å². The molecule has 86 valence electrons. The summed E-state index contributed by atoms with van der Waals surface area (Å²) in [5.41, 5.74) is 9.41. The number of fused-ring (bicyclic) bond motifs is 3. The molecule has 0 spiro atoms. The van der Waals surface area contributed by atoms with Crippen LogP contribution in [0.3, 0.4) is 0 Å². The summed E-state index contributed by atoms with van der Waals surface area (Å²) in [5, 5.41) is 1.90. The maximum atomic E-state index is 5.95. The molecule has 3 aromatic rings. The molecule has 1 aromatic carbocycles. The highest BCUT2D eigenvalue weighted by Gasteiger charge is 2.10. The fraction of sp³-hybridized carbons (Fsp3) is 0.0667. The Bertz CT molecular complexity index is 813. The molecular formula is C15H11N3. The number of anilines is 1. The molecule has 3 heteroatoms. The number of nitrogens with two attached hydrogens (primary N) is 1. The first-order valence-electron chi connectivity index (χ1n) is 5.62. The minimum absolute atomic E-state index is 0.417. The fourth-order valence-corrected chi connectivity index (χ4v) is 2.18. The molecule has 0 bridgehead atoms. The number of terminal acetylenes is 1. The second-order valence-electron chi connectivity index (χ2n) is 4.24. The number of aryl methyl sites for hydroxylation is 1. The van der Waals surface area contributed by atoms with Crippen molar-refractivity contribution < 1.29 is 0 Å². The Kier molecular flexibility index (Phi) is 2.17. The zero-order valence-corrected chi connectivity index (χ0v) is 9.94. The Labute approximate surface area is 105 Å². The molecule has 3 rings (SSSR count). The topological polar surface area (TPSA) is 51.8 Å². The molecule has 0 aliphatic rings. The summed E-state index contributed by atoms with van der Waals surface area (Å²) in [6.07, 6.45) is 7.21. The lowest BCUT2D eigenvalue weighted by Crippen LogP contribution is -1.97. The fourth-order valence-electron chi connectivity index (χ4n) is 2.18. The molecule has 0 aliphatic heterocycles. The van der Waals surface area contributed by atoms with Crippen LogP contribution in [0.2, 0.25) is 0 Å². The van der Waals surface area contributed by atoms with Gasteiger partial charge in [-0.3, -0.25) is 4.98 Å². The van der Waals surface area contributed by atoms with E-state index in [0.29, 0.717) is 11.3 Å². The Hall–Kier alpha value is -2.60. The Morgan fingerprint density at radius 1 is 1.28 bits per heavy atom. The summed E-state index contributed by atoms with van der Waals surface area (Å²) in [6.45, 7) is 2.02. The highest BCUT2D eigenvalue weighted by molar-refractivity contribution is 6.10. The summed E-state index contributed by atoms with van der Waals surface area (Å²) >= 11 is 0. The predicted octanol–water partition coefficient (Wildman–Crippen LogP) is 2.65. The van der Waals surface area contributed by atoms with E-state index in [9.17, 15) is 0 Å². The highest BCUT2D eigenvalue weighted by atomic mass is 14.9. The molecule has 0 atom stereocenters. The van der Waals surface area contributed by atoms with Gasteiger partial charge in [0.2, 0.25) is 0 Å². The summed E-state index contributed by atoms with van der Waals surface area (Å²) in [6, 6.07) is 7.87. The van der Waals surface area contributed by atoms with Gasteiger partial charge in [-0.05, 0) is 24.6 Å². The number of pyridine rings is 2. The lowest BCUT2D eigenvalue weighted by atomic mass is 10.0. The smallest absolute Gasteiger partial charge is 0.150 e. The van der Waals surface area contributed by atoms with E-state index in [1.165, 1.54) is 0 Å². The second kappa shape index (κ2) is 3.71. The highest BCUT2D eigenvalue weighted by Crippen LogP contribution is 2.29. The number of aromatic nitrogens is 2. The standard InChI is InChI=1S/C15H11N3/c1-3-10-6-7-17-14-13(10)11-5-4-9(2)8-12(11)18-15(14)16/h1,4-8H,2H3,(H2,16,18). The van der Waals surface area contributed by atoms with E-state index in [-0.39, 0.29) is 0 Å². The molecule has 0 saturated heterocycles. The van der Waals surface area contributed by atoms with Gasteiger partial charge in [0.1, 0.15) is 5.52 Å². The molecule has 0 saturated carbocycles. The minimum Gasteiger partial charge on any atom is -0.382 e. The van der Waals surface area contributed by atoms with E-state index < -0.39 is 0 Å². The third-order valence-corrected chi connectivity index (χ3v) is 3.01. The first-order chi connectivity index (χ1) is 8.70. The van der Waals surface area contributed by atoms with Crippen molar-refractivity contribution in [2.45, 2.75) is 6.92 Å². The maximum Gasteiger partial charge on any atom is 0.150 e. The zero-order chi connectivity index (χ0) is 12.7. The monoisotopic (exact) mass is 233 g/mol. The van der Waals surface area contributed by atoms with Gasteiger partial charge < -0.3 is 5.73 Å². The van der Waals surface area contributed by atoms with Crippen LogP contribution in [-0.2, 0) is 0 Å². The zero-order valence-electron chi connectivity index (χ0n) is 9.94. The number of benzene rings is 1. The number of nitrogen functional groups attached to an aromatic ring is 1. The molecule has 3 nitrogen and oxygen atoms in total. The van der Waals surface area contributed by atoms with Crippen LogP contribution in [-0.4, -0.2) is 9.97 Å². The molecule has 2 heterocycles. The summed E-state index contributed by atoms with van der Waals surface area (Å²) in [7, 11) is 0. The normalized spacial score (nSPS) is 10.7. The van der Waals surface area contributed by atoms with E-state index >= 15 is 0 Å². The van der Waals surface area contributed by atoms with Crippen LogP contribution in [0.25, 0.3) is 21.8 Å². The Balaban J connectivity index is 2.64. The summed E-state index contributed by atoms with van der Waals surface area (Å²) in [4.78, 5) is 8.67. The van der Waals surface area contributed by atoms with Gasteiger partial charge in [-0.15, -0.1) is 6.42 Å². The van der Waals surface area contributed by atoms with Crippen LogP contribution in [0.1, 0.15) is 11.1 Å². The lowest BCUT2D eigenvalue weighted by molar-refractivity contribution is 1.35. The van der Waals surface area contributed by atoms with Gasteiger partial charge in [0.05, 0.1) is 5.52 Å². The van der Waals surface area contributed by atoms with Gasteiger partial charge in [0.25, 0.3) is 0 Å². The molecule has 0 radical (unpaired) electrons. The third-order valence-electron chi connectivity index (χ3n) is 3.01. The third kappa shape index (κ3) is 1.40. The van der Waals surface area contributed by atoms with Crippen molar-refractivity contribution in [3.8, 4) is 12.3 Å². The van der Waals surface area contributed by atoms with Gasteiger partial charge in [-0.25, -0.2) is 4.98 Å².